The Balaban J connectivity index is 1.69. The number of rotatable bonds is 4. The van der Waals surface area contributed by atoms with Gasteiger partial charge in [-0.3, -0.25) is 4.79 Å². The minimum Gasteiger partial charge on any atom is -0.465 e. The van der Waals surface area contributed by atoms with Crippen molar-refractivity contribution in [3.63, 3.8) is 0 Å². The molecular formula is C21H20Cl2N2O6S. The van der Waals surface area contributed by atoms with Crippen molar-refractivity contribution in [2.24, 2.45) is 0 Å². The van der Waals surface area contributed by atoms with Gasteiger partial charge in [-0.2, -0.15) is 4.31 Å². The molecule has 11 heteroatoms. The van der Waals surface area contributed by atoms with Crippen LogP contribution >= 0.6 is 23.2 Å². The van der Waals surface area contributed by atoms with Crippen molar-refractivity contribution in [1.29, 1.82) is 0 Å². The van der Waals surface area contributed by atoms with Crippen molar-refractivity contribution >= 4 is 50.8 Å². The van der Waals surface area contributed by atoms with Crippen LogP contribution in [0.25, 0.3) is 0 Å². The minimum atomic E-state index is -3.93. The number of amides is 1. The number of sulfonamides is 1. The molecule has 1 saturated heterocycles. The van der Waals surface area contributed by atoms with E-state index in [1.807, 2.05) is 0 Å². The summed E-state index contributed by atoms with van der Waals surface area (Å²) >= 11 is 12.5. The Kier molecular flexibility index (Phi) is 6.46. The van der Waals surface area contributed by atoms with E-state index < -0.39 is 21.9 Å². The second-order valence-corrected chi connectivity index (χ2v) is 10.0. The molecule has 8 nitrogen and oxygen atoms in total. The SMILES string of the molecule is COC(=O)c1ccc2c(c1)CCN2C(=O)c1cc(S(=O)(=O)N2CCOCC2)c(Cl)cc1Cl. The third-order valence-electron chi connectivity index (χ3n) is 5.48. The average molecular weight is 499 g/mol. The van der Waals surface area contributed by atoms with Gasteiger partial charge in [0.1, 0.15) is 4.90 Å². The number of carbonyl (C=O) groups excluding carboxylic acids is 2. The zero-order valence-electron chi connectivity index (χ0n) is 17.1. The lowest BCUT2D eigenvalue weighted by Crippen LogP contribution is -2.40. The maximum absolute atomic E-state index is 13.4. The van der Waals surface area contributed by atoms with Crippen LogP contribution in [-0.4, -0.2) is 64.6 Å². The summed E-state index contributed by atoms with van der Waals surface area (Å²) in [5.74, 6) is -0.911. The van der Waals surface area contributed by atoms with Gasteiger partial charge in [0, 0.05) is 25.3 Å². The number of hydrogen-bond acceptors (Lipinski definition) is 6. The normalized spacial score (nSPS) is 16.7. The predicted octanol–water partition coefficient (Wildman–Crippen LogP) is 3.00. The molecule has 0 aromatic heterocycles. The molecule has 2 aromatic rings. The van der Waals surface area contributed by atoms with Crippen molar-refractivity contribution in [2.75, 3.05) is 44.9 Å². The van der Waals surface area contributed by atoms with Crippen LogP contribution in [0.15, 0.2) is 35.2 Å². The molecule has 0 unspecified atom stereocenters. The number of esters is 1. The third-order valence-corrected chi connectivity index (χ3v) is 8.16. The molecule has 0 saturated carbocycles. The summed E-state index contributed by atoms with van der Waals surface area (Å²) < 4.78 is 37.5. The highest BCUT2D eigenvalue weighted by Gasteiger charge is 2.32. The first-order valence-corrected chi connectivity index (χ1v) is 12.0. The molecule has 2 heterocycles. The van der Waals surface area contributed by atoms with E-state index in [0.717, 1.165) is 5.56 Å². The number of morpholine rings is 1. The molecule has 0 N–H and O–H groups in total. The first-order valence-electron chi connectivity index (χ1n) is 9.84. The third kappa shape index (κ3) is 4.11. The number of methoxy groups -OCH3 is 1. The molecule has 0 radical (unpaired) electrons. The largest absolute Gasteiger partial charge is 0.465 e. The number of nitrogens with zero attached hydrogens (tertiary/aromatic N) is 2. The first-order chi connectivity index (χ1) is 15.2. The van der Waals surface area contributed by atoms with E-state index in [-0.39, 0.29) is 46.8 Å². The van der Waals surface area contributed by atoms with E-state index in [0.29, 0.717) is 24.2 Å². The van der Waals surface area contributed by atoms with Crippen molar-refractivity contribution in [3.8, 4) is 0 Å². The molecule has 0 bridgehead atoms. The van der Waals surface area contributed by atoms with Crippen LogP contribution in [0.1, 0.15) is 26.3 Å². The van der Waals surface area contributed by atoms with E-state index in [1.165, 1.54) is 28.4 Å². The second-order valence-electron chi connectivity index (χ2n) is 7.32. The molecule has 1 fully saturated rings. The standard InChI is InChI=1S/C21H20Cl2N2O6S/c1-30-21(27)14-2-3-18-13(10-14)4-5-25(18)20(26)15-11-19(17(23)12-16(15)22)32(28,29)24-6-8-31-9-7-24/h2-3,10-12H,4-9H2,1H3. The van der Waals surface area contributed by atoms with Crippen LogP contribution in [0.2, 0.25) is 10.0 Å². The van der Waals surface area contributed by atoms with Gasteiger partial charge in [-0.15, -0.1) is 0 Å². The number of hydrogen-bond donors (Lipinski definition) is 0. The molecule has 170 valence electrons. The van der Waals surface area contributed by atoms with Crippen LogP contribution < -0.4 is 4.90 Å². The molecule has 2 aliphatic rings. The predicted molar refractivity (Wildman–Crippen MR) is 119 cm³/mol. The monoisotopic (exact) mass is 498 g/mol. The van der Waals surface area contributed by atoms with Crippen LogP contribution in [0.5, 0.6) is 0 Å². The second kappa shape index (κ2) is 8.99. The van der Waals surface area contributed by atoms with E-state index in [1.54, 1.807) is 18.2 Å². The maximum Gasteiger partial charge on any atom is 0.337 e. The maximum atomic E-state index is 13.4. The Morgan fingerprint density at radius 3 is 2.44 bits per heavy atom. The van der Waals surface area contributed by atoms with Gasteiger partial charge in [0.25, 0.3) is 5.91 Å². The Hall–Kier alpha value is -2.17. The van der Waals surface area contributed by atoms with Gasteiger partial charge in [0.2, 0.25) is 10.0 Å². The summed E-state index contributed by atoms with van der Waals surface area (Å²) in [7, 11) is -2.62. The quantitative estimate of drug-likeness (QED) is 0.601. The topological polar surface area (TPSA) is 93.2 Å². The summed E-state index contributed by atoms with van der Waals surface area (Å²) in [6.45, 7) is 1.34. The molecular weight excluding hydrogens is 479 g/mol. The number of carbonyl (C=O) groups is 2. The van der Waals surface area contributed by atoms with Gasteiger partial charge in [-0.05, 0) is 42.3 Å². The first kappa shape index (κ1) is 23.0. The highest BCUT2D eigenvalue weighted by atomic mass is 35.5. The molecule has 0 aliphatic carbocycles. The Bertz CT molecular complexity index is 1200. The molecule has 2 aliphatic heterocycles. The number of ether oxygens (including phenoxy) is 2. The smallest absolute Gasteiger partial charge is 0.337 e. The van der Waals surface area contributed by atoms with Gasteiger partial charge >= 0.3 is 5.97 Å². The van der Waals surface area contributed by atoms with E-state index >= 15 is 0 Å². The Labute approximate surface area is 195 Å². The van der Waals surface area contributed by atoms with Crippen LogP contribution in [0.4, 0.5) is 5.69 Å². The molecule has 32 heavy (non-hydrogen) atoms. The molecule has 2 aromatic carbocycles. The highest BCUT2D eigenvalue weighted by molar-refractivity contribution is 7.89. The molecule has 4 rings (SSSR count). The van der Waals surface area contributed by atoms with E-state index in [4.69, 9.17) is 32.7 Å². The van der Waals surface area contributed by atoms with Gasteiger partial charge in [0.05, 0.1) is 41.5 Å². The van der Waals surface area contributed by atoms with E-state index in [2.05, 4.69) is 0 Å². The van der Waals surface area contributed by atoms with Crippen LogP contribution in [0, 0.1) is 0 Å². The number of benzene rings is 2. The van der Waals surface area contributed by atoms with Crippen molar-refractivity contribution in [1.82, 2.24) is 4.31 Å². The molecule has 0 atom stereocenters. The summed E-state index contributed by atoms with van der Waals surface area (Å²) in [6, 6.07) is 7.45. The fraction of sp³-hybridized carbons (Fsp3) is 0.333. The van der Waals surface area contributed by atoms with Gasteiger partial charge < -0.3 is 14.4 Å². The number of fused-ring (bicyclic) bond motifs is 1. The summed E-state index contributed by atoms with van der Waals surface area (Å²) in [6.07, 6.45) is 0.538. The summed E-state index contributed by atoms with van der Waals surface area (Å²) in [5.41, 5.74) is 1.87. The number of halogens is 2. The van der Waals surface area contributed by atoms with Crippen molar-refractivity contribution in [2.45, 2.75) is 11.3 Å². The fourth-order valence-corrected chi connectivity index (χ4v) is 6.06. The molecule has 0 spiro atoms. The fourth-order valence-electron chi connectivity index (χ4n) is 3.82. The molecule has 1 amide bonds. The van der Waals surface area contributed by atoms with Crippen LogP contribution in [0.3, 0.4) is 0 Å². The zero-order chi connectivity index (χ0) is 23.0. The van der Waals surface area contributed by atoms with Crippen molar-refractivity contribution < 1.29 is 27.5 Å². The van der Waals surface area contributed by atoms with E-state index in [9.17, 15) is 18.0 Å². The van der Waals surface area contributed by atoms with Crippen LogP contribution in [-0.2, 0) is 25.9 Å². The minimum absolute atomic E-state index is 0.0350. The lowest BCUT2D eigenvalue weighted by Gasteiger charge is -2.27. The van der Waals surface area contributed by atoms with Crippen molar-refractivity contribution in [3.05, 3.63) is 57.1 Å². The summed E-state index contributed by atoms with van der Waals surface area (Å²) in [4.78, 5) is 26.5. The Morgan fingerprint density at radius 1 is 1.03 bits per heavy atom. The average Bonchev–Trinajstić information content (AvgIpc) is 3.22. The highest BCUT2D eigenvalue weighted by Crippen LogP contribution is 2.35. The lowest BCUT2D eigenvalue weighted by molar-refractivity contribution is 0.0600. The zero-order valence-corrected chi connectivity index (χ0v) is 19.5. The summed E-state index contributed by atoms with van der Waals surface area (Å²) in [5, 5.41) is 0.00291. The lowest BCUT2D eigenvalue weighted by atomic mass is 10.1. The van der Waals surface area contributed by atoms with Gasteiger partial charge in [0.15, 0.2) is 0 Å². The number of anilines is 1. The Morgan fingerprint density at radius 2 is 1.75 bits per heavy atom. The van der Waals surface area contributed by atoms with Gasteiger partial charge in [-0.1, -0.05) is 23.2 Å². The van der Waals surface area contributed by atoms with Gasteiger partial charge in [-0.25, -0.2) is 13.2 Å².